The molecular weight excluding hydrogens is 580 g/mol. The largest absolute Gasteiger partial charge is 0.490 e. The molecule has 2 aliphatic heterocycles. The van der Waals surface area contributed by atoms with E-state index in [9.17, 15) is 0 Å². The number of benzene rings is 6. The Morgan fingerprint density at radius 2 is 0.851 bits per heavy atom. The lowest BCUT2D eigenvalue weighted by Crippen LogP contribution is -2.04. The normalized spacial score (nSPS) is 15.7. The van der Waals surface area contributed by atoms with E-state index in [1.807, 2.05) is 48.5 Å². The Bertz CT molecular complexity index is 1670. The van der Waals surface area contributed by atoms with Crippen molar-refractivity contribution in [3.05, 3.63) is 145 Å². The summed E-state index contributed by atoms with van der Waals surface area (Å²) in [5, 5.41) is 4.76. The molecule has 2 heterocycles. The van der Waals surface area contributed by atoms with Gasteiger partial charge in [0.25, 0.3) is 0 Å². The van der Waals surface area contributed by atoms with Crippen molar-refractivity contribution in [3.8, 4) is 22.6 Å². The summed E-state index contributed by atoms with van der Waals surface area (Å²) in [6.07, 6.45) is 2.83. The molecule has 2 saturated heterocycles. The molecular formula is C43H46O4. The van der Waals surface area contributed by atoms with Crippen LogP contribution >= 0.6 is 0 Å². The number of epoxide rings is 2. The minimum Gasteiger partial charge on any atom is -0.490 e. The van der Waals surface area contributed by atoms with Crippen molar-refractivity contribution in [2.45, 2.75) is 46.3 Å². The maximum absolute atomic E-state index is 5.72. The van der Waals surface area contributed by atoms with E-state index in [2.05, 4.69) is 98.8 Å². The first-order valence-corrected chi connectivity index (χ1v) is 16.3. The van der Waals surface area contributed by atoms with Gasteiger partial charge in [-0.05, 0) is 58.0 Å². The molecule has 0 spiro atoms. The molecule has 0 aliphatic carbocycles. The second-order valence-corrected chi connectivity index (χ2v) is 11.6. The smallest absolute Gasteiger partial charge is 0.127 e. The fraction of sp³-hybridized carbons (Fsp3) is 0.256. The summed E-state index contributed by atoms with van der Waals surface area (Å²) in [4.78, 5) is 0. The van der Waals surface area contributed by atoms with Gasteiger partial charge in [-0.1, -0.05) is 143 Å². The summed E-state index contributed by atoms with van der Waals surface area (Å²) < 4.78 is 21.7. The van der Waals surface area contributed by atoms with Crippen LogP contribution in [0.15, 0.2) is 133 Å². The molecule has 0 aromatic heterocycles. The highest BCUT2D eigenvalue weighted by Crippen LogP contribution is 2.27. The number of rotatable bonds is 9. The van der Waals surface area contributed by atoms with Gasteiger partial charge in [-0.2, -0.15) is 0 Å². The topological polar surface area (TPSA) is 43.5 Å². The van der Waals surface area contributed by atoms with Gasteiger partial charge in [-0.3, -0.25) is 0 Å². The summed E-state index contributed by atoms with van der Waals surface area (Å²) in [7, 11) is 0. The van der Waals surface area contributed by atoms with Crippen LogP contribution in [0.1, 0.15) is 32.4 Å². The van der Waals surface area contributed by atoms with Crippen LogP contribution in [0.2, 0.25) is 0 Å². The van der Waals surface area contributed by atoms with Crippen LogP contribution in [0.5, 0.6) is 11.5 Å². The predicted molar refractivity (Wildman–Crippen MR) is 196 cm³/mol. The zero-order chi connectivity index (χ0) is 31.6. The highest BCUT2D eigenvalue weighted by atomic mass is 16.6. The number of aryl methyl sites for hydroxylation is 2. The lowest BCUT2D eigenvalue weighted by atomic mass is 10.0. The zero-order valence-electron chi connectivity index (χ0n) is 26.7. The van der Waals surface area contributed by atoms with Crippen molar-refractivity contribution >= 4 is 21.5 Å². The van der Waals surface area contributed by atoms with Crippen molar-refractivity contribution < 1.29 is 18.9 Å². The molecule has 2 unspecified atom stereocenters. The van der Waals surface area contributed by atoms with Crippen LogP contribution in [-0.4, -0.2) is 38.6 Å². The number of ether oxygens (including phenoxy) is 4. The van der Waals surface area contributed by atoms with E-state index >= 15 is 0 Å². The Morgan fingerprint density at radius 1 is 0.489 bits per heavy atom. The van der Waals surface area contributed by atoms with Crippen molar-refractivity contribution in [1.82, 2.24) is 0 Å². The maximum atomic E-state index is 5.72. The van der Waals surface area contributed by atoms with Gasteiger partial charge >= 0.3 is 0 Å². The van der Waals surface area contributed by atoms with Crippen molar-refractivity contribution in [2.24, 2.45) is 0 Å². The molecule has 0 radical (unpaired) electrons. The Kier molecular flexibility index (Phi) is 12.0. The third kappa shape index (κ3) is 9.68. The Morgan fingerprint density at radius 3 is 1.21 bits per heavy atom. The number of hydrogen-bond acceptors (Lipinski definition) is 4. The molecule has 8 rings (SSSR count). The first-order valence-electron chi connectivity index (χ1n) is 16.3. The Balaban J connectivity index is 0.000000137. The first-order chi connectivity index (χ1) is 22.7. The minimum absolute atomic E-state index is 0. The molecule has 2 aliphatic rings. The van der Waals surface area contributed by atoms with Gasteiger partial charge in [-0.15, -0.1) is 0 Å². The van der Waals surface area contributed by atoms with E-state index in [-0.39, 0.29) is 7.43 Å². The second kappa shape index (κ2) is 16.8. The Labute approximate surface area is 279 Å². The van der Waals surface area contributed by atoms with Gasteiger partial charge in [0.1, 0.15) is 36.9 Å². The summed E-state index contributed by atoms with van der Waals surface area (Å²) in [5.74, 6) is 1.90. The average molecular weight is 627 g/mol. The van der Waals surface area contributed by atoms with Gasteiger partial charge in [-0.25, -0.2) is 0 Å². The van der Waals surface area contributed by atoms with Crippen molar-refractivity contribution in [3.63, 3.8) is 0 Å². The molecule has 4 heteroatoms. The zero-order valence-corrected chi connectivity index (χ0v) is 26.7. The van der Waals surface area contributed by atoms with Crippen molar-refractivity contribution in [1.29, 1.82) is 0 Å². The molecule has 242 valence electrons. The van der Waals surface area contributed by atoms with Crippen LogP contribution in [-0.2, 0) is 22.3 Å². The standard InChI is InChI=1S/C16H18.2C13H12O2.CH4/c1-3-13-5-9-15(10-6-13)16-11-7-14(4-2)8-12-16;2*1-2-6-12-10(4-1)5-3-7-13(12)15-9-11-8-14-11;/h5-12H,3-4H2,1-2H3;2*1-7,11H,8-9H2;1H4. The SMILES string of the molecule is C.CCc1ccc(-c2ccc(CC)cc2)cc1.c1ccc2c(OCC3CO3)cccc2c1.c1ccc2c(OCC3CO3)cccc2c1. The molecule has 2 atom stereocenters. The van der Waals surface area contributed by atoms with Gasteiger partial charge < -0.3 is 18.9 Å². The number of fused-ring (bicyclic) bond motifs is 2. The van der Waals surface area contributed by atoms with Crippen LogP contribution in [0.3, 0.4) is 0 Å². The maximum Gasteiger partial charge on any atom is 0.127 e. The van der Waals surface area contributed by atoms with E-state index in [0.717, 1.165) is 37.6 Å². The molecule has 4 nitrogen and oxygen atoms in total. The van der Waals surface area contributed by atoms with Gasteiger partial charge in [0, 0.05) is 10.8 Å². The molecule has 47 heavy (non-hydrogen) atoms. The first kappa shape index (κ1) is 33.7. The third-order valence-electron chi connectivity index (χ3n) is 8.21. The van der Waals surface area contributed by atoms with E-state index in [0.29, 0.717) is 25.4 Å². The highest BCUT2D eigenvalue weighted by Gasteiger charge is 2.24. The van der Waals surface area contributed by atoms with E-state index in [4.69, 9.17) is 18.9 Å². The molecule has 0 amide bonds. The van der Waals surface area contributed by atoms with Crippen LogP contribution < -0.4 is 9.47 Å². The van der Waals surface area contributed by atoms with Crippen LogP contribution in [0, 0.1) is 0 Å². The highest BCUT2D eigenvalue weighted by molar-refractivity contribution is 5.88. The Hall–Kier alpha value is -4.64. The molecule has 0 saturated carbocycles. The second-order valence-electron chi connectivity index (χ2n) is 11.6. The van der Waals surface area contributed by atoms with E-state index < -0.39 is 0 Å². The quantitative estimate of drug-likeness (QED) is 0.150. The molecule has 2 fully saturated rings. The lowest BCUT2D eigenvalue weighted by molar-refractivity contribution is 0.265. The summed E-state index contributed by atoms with van der Waals surface area (Å²) in [5.41, 5.74) is 5.41. The predicted octanol–water partition coefficient (Wildman–Crippen LogP) is 10.3. The summed E-state index contributed by atoms with van der Waals surface area (Å²) in [6, 6.07) is 46.4. The molecule has 0 N–H and O–H groups in total. The molecule has 0 bridgehead atoms. The third-order valence-corrected chi connectivity index (χ3v) is 8.21. The summed E-state index contributed by atoms with van der Waals surface area (Å²) >= 11 is 0. The van der Waals surface area contributed by atoms with Gasteiger partial charge in [0.15, 0.2) is 0 Å². The monoisotopic (exact) mass is 626 g/mol. The number of hydrogen-bond donors (Lipinski definition) is 0. The van der Waals surface area contributed by atoms with Crippen molar-refractivity contribution in [2.75, 3.05) is 26.4 Å². The van der Waals surface area contributed by atoms with Crippen LogP contribution in [0.4, 0.5) is 0 Å². The van der Waals surface area contributed by atoms with E-state index in [1.54, 1.807) is 0 Å². The van der Waals surface area contributed by atoms with Crippen LogP contribution in [0.25, 0.3) is 32.7 Å². The lowest BCUT2D eigenvalue weighted by Gasteiger charge is -2.07. The van der Waals surface area contributed by atoms with Gasteiger partial charge in [0.05, 0.1) is 13.2 Å². The molecule has 6 aromatic carbocycles. The summed E-state index contributed by atoms with van der Waals surface area (Å²) in [6.45, 7) is 7.37. The minimum atomic E-state index is 0. The fourth-order valence-corrected chi connectivity index (χ4v) is 5.20. The molecule has 6 aromatic rings. The fourth-order valence-electron chi connectivity index (χ4n) is 5.20. The van der Waals surface area contributed by atoms with E-state index in [1.165, 1.54) is 43.8 Å². The van der Waals surface area contributed by atoms with Gasteiger partial charge in [0.2, 0.25) is 0 Å². The average Bonchev–Trinajstić information content (AvgIpc) is 4.07.